The maximum atomic E-state index is 6.89. The molecule has 0 N–H and O–H groups in total. The van der Waals surface area contributed by atoms with Crippen molar-refractivity contribution in [3.05, 3.63) is 138 Å². The lowest BCUT2D eigenvalue weighted by molar-refractivity contribution is -0.0452. The lowest BCUT2D eigenvalue weighted by Gasteiger charge is -2.63. The fourth-order valence-electron chi connectivity index (χ4n) is 10.9. The second-order valence-electron chi connectivity index (χ2n) is 15.0. The minimum absolute atomic E-state index is 0.0567. The summed E-state index contributed by atoms with van der Waals surface area (Å²) in [4.78, 5) is 2.42. The molecule has 0 aromatic heterocycles. The molecule has 11 rings (SSSR count). The fourth-order valence-corrected chi connectivity index (χ4v) is 10.9. The molecule has 0 unspecified atom stereocenters. The van der Waals surface area contributed by atoms with Crippen LogP contribution in [0.3, 0.4) is 0 Å². The predicted molar refractivity (Wildman–Crippen MR) is 183 cm³/mol. The van der Waals surface area contributed by atoms with Gasteiger partial charge in [-0.25, -0.2) is 0 Å². The summed E-state index contributed by atoms with van der Waals surface area (Å²) in [7, 11) is 0. The smallest absolute Gasteiger partial charge is 0.133 e. The van der Waals surface area contributed by atoms with E-state index in [1.165, 1.54) is 71.2 Å². The maximum absolute atomic E-state index is 6.89. The molecule has 4 bridgehead atoms. The largest absolute Gasteiger partial charge is 0.457 e. The topological polar surface area (TPSA) is 12.5 Å². The van der Waals surface area contributed by atoms with E-state index in [-0.39, 0.29) is 10.8 Å². The molecule has 4 fully saturated rings. The second-order valence-corrected chi connectivity index (χ2v) is 15.0. The quantitative estimate of drug-likeness (QED) is 0.209. The Balaban J connectivity index is 1.14. The van der Waals surface area contributed by atoms with E-state index in [2.05, 4.69) is 134 Å². The first kappa shape index (κ1) is 26.0. The zero-order valence-electron chi connectivity index (χ0n) is 26.2. The summed E-state index contributed by atoms with van der Waals surface area (Å²) < 4.78 is 6.89. The Bertz CT molecular complexity index is 1960. The van der Waals surface area contributed by atoms with Gasteiger partial charge in [0, 0.05) is 45.1 Å². The summed E-state index contributed by atoms with van der Waals surface area (Å²) in [5, 5.41) is 0. The third-order valence-corrected chi connectivity index (χ3v) is 12.5. The molecule has 5 aliphatic carbocycles. The van der Waals surface area contributed by atoms with Crippen molar-refractivity contribution in [1.29, 1.82) is 0 Å². The Morgan fingerprint density at radius 3 is 1.89 bits per heavy atom. The summed E-state index contributed by atoms with van der Waals surface area (Å²) in [5.74, 6) is 5.36. The number of ether oxygens (including phenoxy) is 1. The summed E-state index contributed by atoms with van der Waals surface area (Å²) >= 11 is 0. The Kier molecular flexibility index (Phi) is 5.27. The monoisotopic (exact) mass is 585 g/mol. The average Bonchev–Trinajstić information content (AvgIpc) is 3.29. The first-order valence-corrected chi connectivity index (χ1v) is 17.0. The van der Waals surface area contributed by atoms with Crippen molar-refractivity contribution in [3.8, 4) is 22.6 Å². The van der Waals surface area contributed by atoms with Gasteiger partial charge in [-0.15, -0.1) is 0 Å². The van der Waals surface area contributed by atoms with Crippen LogP contribution in [0.2, 0.25) is 0 Å². The van der Waals surface area contributed by atoms with Crippen molar-refractivity contribution in [1.82, 2.24) is 0 Å². The van der Waals surface area contributed by atoms with E-state index in [1.54, 1.807) is 0 Å². The van der Waals surface area contributed by atoms with Crippen molar-refractivity contribution in [2.45, 2.75) is 56.8 Å². The van der Waals surface area contributed by atoms with Gasteiger partial charge in [-0.05, 0) is 114 Å². The van der Waals surface area contributed by atoms with Crippen molar-refractivity contribution in [2.24, 2.45) is 23.7 Å². The van der Waals surface area contributed by atoms with E-state index in [0.29, 0.717) is 11.8 Å². The normalized spacial score (nSPS) is 27.3. The van der Waals surface area contributed by atoms with E-state index in [0.717, 1.165) is 34.7 Å². The van der Waals surface area contributed by atoms with E-state index in [4.69, 9.17) is 4.74 Å². The highest BCUT2D eigenvalue weighted by Gasteiger charge is 2.61. The number of fused-ring (bicyclic) bond motifs is 5. The summed E-state index contributed by atoms with van der Waals surface area (Å²) in [6.45, 7) is 4.73. The van der Waals surface area contributed by atoms with Crippen LogP contribution in [0, 0.1) is 23.7 Å². The number of anilines is 3. The Morgan fingerprint density at radius 2 is 1.11 bits per heavy atom. The van der Waals surface area contributed by atoms with Gasteiger partial charge in [0.15, 0.2) is 0 Å². The molecule has 5 aromatic carbocycles. The van der Waals surface area contributed by atoms with Gasteiger partial charge in [-0.1, -0.05) is 86.6 Å². The molecule has 1 aliphatic heterocycles. The van der Waals surface area contributed by atoms with Gasteiger partial charge in [0.1, 0.15) is 11.5 Å². The number of hydrogen-bond acceptors (Lipinski definition) is 2. The molecule has 4 saturated carbocycles. The molecule has 1 heterocycles. The standard InChI is InChI=1S/C43H39NO/c1-42(2)36-13-7-6-12-34(36)35-18-16-32(25-39(35)42)44(31-10-4-3-5-11-31)33-17-19-38-41(26-33)45-40-15-9-8-14-37(40)43(38)29-21-27-20-28(23-29)24-30(43)22-27/h3-19,25-30H,20-24H2,1-2H3. The molecule has 6 aliphatic rings. The second kappa shape index (κ2) is 9.13. The number of hydrogen-bond donors (Lipinski definition) is 0. The van der Waals surface area contributed by atoms with Crippen LogP contribution in [0.5, 0.6) is 11.5 Å². The molecule has 222 valence electrons. The van der Waals surface area contributed by atoms with E-state index in [1.807, 2.05) is 0 Å². The van der Waals surface area contributed by atoms with E-state index < -0.39 is 0 Å². The molecule has 0 saturated heterocycles. The summed E-state index contributed by atoms with van der Waals surface area (Å²) in [5.41, 5.74) is 11.9. The van der Waals surface area contributed by atoms with Gasteiger partial charge >= 0.3 is 0 Å². The van der Waals surface area contributed by atoms with Crippen LogP contribution in [0.15, 0.2) is 115 Å². The van der Waals surface area contributed by atoms with Crippen LogP contribution in [0.4, 0.5) is 17.1 Å². The van der Waals surface area contributed by atoms with Gasteiger partial charge < -0.3 is 9.64 Å². The minimum Gasteiger partial charge on any atom is -0.457 e. The molecule has 1 spiro atoms. The zero-order valence-corrected chi connectivity index (χ0v) is 26.2. The highest BCUT2D eigenvalue weighted by molar-refractivity contribution is 5.86. The maximum Gasteiger partial charge on any atom is 0.133 e. The van der Waals surface area contributed by atoms with Crippen LogP contribution in [0.1, 0.15) is 68.2 Å². The van der Waals surface area contributed by atoms with Crippen LogP contribution in [-0.4, -0.2) is 0 Å². The first-order valence-electron chi connectivity index (χ1n) is 17.0. The first-order chi connectivity index (χ1) is 22.0. The van der Waals surface area contributed by atoms with E-state index >= 15 is 0 Å². The third kappa shape index (κ3) is 3.46. The minimum atomic E-state index is -0.0567. The number of rotatable bonds is 3. The predicted octanol–water partition coefficient (Wildman–Crippen LogP) is 11.3. The van der Waals surface area contributed by atoms with Gasteiger partial charge in [0.2, 0.25) is 0 Å². The Hall–Kier alpha value is -4.30. The van der Waals surface area contributed by atoms with Gasteiger partial charge in [-0.2, -0.15) is 0 Å². The highest BCUT2D eigenvalue weighted by Crippen LogP contribution is 2.69. The Morgan fingerprint density at radius 1 is 0.511 bits per heavy atom. The number of benzene rings is 5. The van der Waals surface area contributed by atoms with E-state index in [9.17, 15) is 0 Å². The van der Waals surface area contributed by atoms with Crippen LogP contribution < -0.4 is 9.64 Å². The molecule has 2 nitrogen and oxygen atoms in total. The van der Waals surface area contributed by atoms with Gasteiger partial charge in [0.05, 0.1) is 0 Å². The molecular formula is C43H39NO. The molecular weight excluding hydrogens is 546 g/mol. The van der Waals surface area contributed by atoms with Crippen LogP contribution in [0.25, 0.3) is 11.1 Å². The summed E-state index contributed by atoms with van der Waals surface area (Å²) in [6, 6.07) is 43.0. The van der Waals surface area contributed by atoms with Crippen molar-refractivity contribution in [2.75, 3.05) is 4.90 Å². The molecule has 5 aromatic rings. The van der Waals surface area contributed by atoms with Gasteiger partial charge in [0.25, 0.3) is 0 Å². The third-order valence-electron chi connectivity index (χ3n) is 12.5. The lowest BCUT2D eigenvalue weighted by atomic mass is 9.42. The molecule has 45 heavy (non-hydrogen) atoms. The summed E-state index contributed by atoms with van der Waals surface area (Å²) in [6.07, 6.45) is 6.93. The highest BCUT2D eigenvalue weighted by atomic mass is 16.5. The molecule has 0 radical (unpaired) electrons. The van der Waals surface area contributed by atoms with Gasteiger partial charge in [-0.3, -0.25) is 0 Å². The van der Waals surface area contributed by atoms with Crippen molar-refractivity contribution >= 4 is 17.1 Å². The van der Waals surface area contributed by atoms with Crippen molar-refractivity contribution < 1.29 is 4.74 Å². The fraction of sp³-hybridized carbons (Fsp3) is 0.302. The molecule has 0 atom stereocenters. The molecule has 2 heteroatoms. The van der Waals surface area contributed by atoms with Crippen LogP contribution in [-0.2, 0) is 10.8 Å². The number of nitrogens with zero attached hydrogens (tertiary/aromatic N) is 1. The van der Waals surface area contributed by atoms with Crippen LogP contribution >= 0.6 is 0 Å². The van der Waals surface area contributed by atoms with Crippen molar-refractivity contribution in [3.63, 3.8) is 0 Å². The SMILES string of the molecule is CC1(C)c2ccccc2-c2ccc(N(c3ccccc3)c3ccc4c(c3)Oc3ccccc3C43C4CC5CC(C4)CC3C5)cc21. The Labute approximate surface area is 266 Å². The molecule has 0 amide bonds. The zero-order chi connectivity index (χ0) is 29.9. The number of para-hydroxylation sites is 2. The lowest BCUT2D eigenvalue weighted by Crippen LogP contribution is -2.56. The average molecular weight is 586 g/mol.